The third kappa shape index (κ3) is 4.75. The van der Waals surface area contributed by atoms with Crippen molar-refractivity contribution in [3.8, 4) is 6.07 Å². The smallest absolute Gasteiger partial charge is 0.377 e. The highest BCUT2D eigenvalue weighted by atomic mass is 79.9. The van der Waals surface area contributed by atoms with Gasteiger partial charge in [0.2, 0.25) is 5.91 Å². The number of ether oxygens (including phenoxy) is 1. The number of thiol groups is 1. The first kappa shape index (κ1) is 24.4. The second kappa shape index (κ2) is 9.30. The van der Waals surface area contributed by atoms with E-state index in [0.29, 0.717) is 6.61 Å². The van der Waals surface area contributed by atoms with Crippen LogP contribution in [0.25, 0.3) is 0 Å². The van der Waals surface area contributed by atoms with E-state index in [4.69, 9.17) is 10.00 Å². The number of anilines is 1. The summed E-state index contributed by atoms with van der Waals surface area (Å²) in [5.41, 5.74) is -3.08. The van der Waals surface area contributed by atoms with Gasteiger partial charge in [-0.25, -0.2) is 0 Å². The molecule has 1 atom stereocenters. The van der Waals surface area contributed by atoms with E-state index in [1.54, 1.807) is 19.9 Å². The minimum Gasteiger partial charge on any atom is -0.377 e. The third-order valence-corrected chi connectivity index (χ3v) is 6.85. The molecule has 0 radical (unpaired) electrons. The Hall–Kier alpha value is -1.28. The third-order valence-electron chi connectivity index (χ3n) is 6.04. The molecule has 10 heteroatoms. The fourth-order valence-electron chi connectivity index (χ4n) is 4.53. The summed E-state index contributed by atoms with van der Waals surface area (Å²) in [5, 5.41) is 9.82. The van der Waals surface area contributed by atoms with Gasteiger partial charge in [-0.05, 0) is 57.7 Å². The van der Waals surface area contributed by atoms with Gasteiger partial charge in [-0.15, -0.1) is 12.6 Å². The average Bonchev–Trinajstić information content (AvgIpc) is 2.90. The highest BCUT2D eigenvalue weighted by molar-refractivity contribution is 9.09. The van der Waals surface area contributed by atoms with Crippen LogP contribution in [-0.2, 0) is 15.7 Å². The number of hydrogen-bond donors (Lipinski definition) is 1. The molecule has 2 fully saturated rings. The van der Waals surface area contributed by atoms with E-state index >= 15 is 0 Å². The second-order valence-electron chi connectivity index (χ2n) is 8.32. The van der Waals surface area contributed by atoms with Crippen LogP contribution in [0.1, 0.15) is 50.7 Å². The lowest BCUT2D eigenvalue weighted by Crippen LogP contribution is -2.52. The van der Waals surface area contributed by atoms with Gasteiger partial charge in [-0.1, -0.05) is 15.9 Å². The van der Waals surface area contributed by atoms with Crippen molar-refractivity contribution in [2.24, 2.45) is 0 Å². The van der Waals surface area contributed by atoms with E-state index in [-0.39, 0.29) is 23.7 Å². The molecule has 1 aromatic carbocycles. The van der Waals surface area contributed by atoms with Crippen LogP contribution in [0, 0.1) is 11.3 Å². The number of rotatable bonds is 5. The minimum atomic E-state index is -4.70. The van der Waals surface area contributed by atoms with Crippen molar-refractivity contribution in [2.75, 3.05) is 16.8 Å². The molecule has 1 aromatic rings. The molecule has 31 heavy (non-hydrogen) atoms. The molecule has 1 saturated carbocycles. The number of nitriles is 1. The van der Waals surface area contributed by atoms with Crippen molar-refractivity contribution in [3.63, 3.8) is 0 Å². The normalized spacial score (nSPS) is 26.8. The van der Waals surface area contributed by atoms with Crippen LogP contribution >= 0.6 is 28.6 Å². The van der Waals surface area contributed by atoms with Gasteiger partial charge < -0.3 is 4.74 Å². The zero-order chi connectivity index (χ0) is 23.0. The molecule has 1 unspecified atom stereocenters. The average molecular weight is 520 g/mol. The van der Waals surface area contributed by atoms with Crippen molar-refractivity contribution in [3.05, 3.63) is 29.3 Å². The maximum atomic E-state index is 13.4. The zero-order valence-electron chi connectivity index (χ0n) is 17.3. The van der Waals surface area contributed by atoms with Crippen LogP contribution in [0.5, 0.6) is 0 Å². The topological polar surface area (TPSA) is 56.6 Å². The molecule has 0 spiro atoms. The Morgan fingerprint density at radius 3 is 2.48 bits per heavy atom. The highest BCUT2D eigenvalue weighted by Gasteiger charge is 2.54. The van der Waals surface area contributed by atoms with E-state index < -0.39 is 28.3 Å². The molecule has 1 aliphatic heterocycles. The summed E-state index contributed by atoms with van der Waals surface area (Å²) < 4.78 is 46.1. The molecule has 0 bridgehead atoms. The van der Waals surface area contributed by atoms with Crippen molar-refractivity contribution in [2.45, 2.75) is 68.9 Å². The maximum absolute atomic E-state index is 13.4. The van der Waals surface area contributed by atoms with Gasteiger partial charge in [0.1, 0.15) is 5.50 Å². The Kier molecular flexibility index (Phi) is 7.31. The predicted octanol–water partition coefficient (Wildman–Crippen LogP) is 4.94. The van der Waals surface area contributed by atoms with Gasteiger partial charge in [-0.2, -0.15) is 18.4 Å². The first-order valence-electron chi connectivity index (χ1n) is 10.1. The molecule has 1 aliphatic carbocycles. The molecule has 170 valence electrons. The molecular weight excluding hydrogens is 495 g/mol. The van der Waals surface area contributed by atoms with Crippen LogP contribution in [0.4, 0.5) is 18.9 Å². The number of hydrogen-bond acceptors (Lipinski definition) is 5. The SMILES string of the molecule is CC1(C)C(=O)N(c2ccc(C#N)c(C(F)(F)F)c2)C(S)N1C1CCC(OCCBr)CC1. The van der Waals surface area contributed by atoms with E-state index in [9.17, 15) is 18.0 Å². The van der Waals surface area contributed by atoms with Gasteiger partial charge >= 0.3 is 6.18 Å². The van der Waals surface area contributed by atoms with Crippen LogP contribution in [0.15, 0.2) is 18.2 Å². The number of benzene rings is 1. The van der Waals surface area contributed by atoms with Crippen LogP contribution < -0.4 is 4.90 Å². The first-order valence-corrected chi connectivity index (χ1v) is 11.7. The molecule has 1 saturated heterocycles. The lowest BCUT2D eigenvalue weighted by molar-refractivity contribution is -0.137. The van der Waals surface area contributed by atoms with Crippen LogP contribution in [0.3, 0.4) is 0 Å². The quantitative estimate of drug-likeness (QED) is 0.442. The largest absolute Gasteiger partial charge is 0.417 e. The number of alkyl halides is 4. The monoisotopic (exact) mass is 519 g/mol. The summed E-state index contributed by atoms with van der Waals surface area (Å²) in [6, 6.07) is 4.98. The zero-order valence-corrected chi connectivity index (χ0v) is 19.8. The van der Waals surface area contributed by atoms with Gasteiger partial charge in [0.15, 0.2) is 0 Å². The summed E-state index contributed by atoms with van der Waals surface area (Å²) in [4.78, 5) is 16.6. The van der Waals surface area contributed by atoms with Crippen LogP contribution in [0.2, 0.25) is 0 Å². The number of halogens is 4. The van der Waals surface area contributed by atoms with Crippen molar-refractivity contribution in [1.29, 1.82) is 5.26 Å². The first-order chi connectivity index (χ1) is 14.5. The Balaban J connectivity index is 1.87. The van der Waals surface area contributed by atoms with E-state index in [1.165, 1.54) is 11.0 Å². The van der Waals surface area contributed by atoms with E-state index in [0.717, 1.165) is 43.1 Å². The second-order valence-corrected chi connectivity index (χ2v) is 9.57. The molecular formula is C21H25BrF3N3O2S. The Bertz CT molecular complexity index is 866. The number of carbonyl (C=O) groups is 1. The number of nitrogens with zero attached hydrogens (tertiary/aromatic N) is 3. The fraction of sp³-hybridized carbons (Fsp3) is 0.619. The van der Waals surface area contributed by atoms with Gasteiger partial charge in [0.05, 0.1) is 35.4 Å². The molecule has 0 N–H and O–H groups in total. The molecule has 5 nitrogen and oxygen atoms in total. The Morgan fingerprint density at radius 1 is 1.29 bits per heavy atom. The molecule has 1 heterocycles. The van der Waals surface area contributed by atoms with Crippen molar-refractivity contribution in [1.82, 2.24) is 4.90 Å². The summed E-state index contributed by atoms with van der Waals surface area (Å²) in [6.45, 7) is 4.20. The lowest BCUT2D eigenvalue weighted by atomic mass is 9.89. The highest BCUT2D eigenvalue weighted by Crippen LogP contribution is 2.43. The molecule has 1 amide bonds. The summed E-state index contributed by atoms with van der Waals surface area (Å²) in [7, 11) is 0. The summed E-state index contributed by atoms with van der Waals surface area (Å²) in [5.74, 6) is -0.317. The van der Waals surface area contributed by atoms with Gasteiger partial charge in [0, 0.05) is 17.1 Å². The molecule has 2 aliphatic rings. The van der Waals surface area contributed by atoms with Gasteiger partial charge in [-0.3, -0.25) is 14.6 Å². The van der Waals surface area contributed by atoms with E-state index in [2.05, 4.69) is 28.6 Å². The molecule has 3 rings (SSSR count). The maximum Gasteiger partial charge on any atom is 0.417 e. The summed E-state index contributed by atoms with van der Waals surface area (Å²) in [6.07, 6.45) is -1.18. The summed E-state index contributed by atoms with van der Waals surface area (Å²) >= 11 is 8.01. The minimum absolute atomic E-state index is 0.0655. The predicted molar refractivity (Wildman–Crippen MR) is 118 cm³/mol. The number of amides is 1. The fourth-order valence-corrected chi connectivity index (χ4v) is 5.44. The van der Waals surface area contributed by atoms with Gasteiger partial charge in [0.25, 0.3) is 0 Å². The number of carbonyl (C=O) groups excluding carboxylic acids is 1. The van der Waals surface area contributed by atoms with E-state index in [1.807, 2.05) is 4.90 Å². The molecule has 0 aromatic heterocycles. The van der Waals surface area contributed by atoms with Crippen molar-refractivity contribution >= 4 is 40.2 Å². The Labute approximate surface area is 194 Å². The standard InChI is InChI=1S/C21H25BrF3N3O2S/c1-20(2)18(29)27(15-4-3-13(12-26)17(11-15)21(23,24)25)19(31)28(20)14-5-7-16(8-6-14)30-10-9-22/h3-4,11,14,16,19,31H,5-10H2,1-2H3. The Morgan fingerprint density at radius 2 is 1.94 bits per heavy atom. The van der Waals surface area contributed by atoms with Crippen molar-refractivity contribution < 1.29 is 22.7 Å². The lowest BCUT2D eigenvalue weighted by Gasteiger charge is -2.41. The van der Waals surface area contributed by atoms with Crippen LogP contribution in [-0.4, -0.2) is 45.9 Å².